The van der Waals surface area contributed by atoms with Crippen LogP contribution in [0.4, 0.5) is 10.5 Å². The lowest BCUT2D eigenvalue weighted by molar-refractivity contribution is -0.0773. The highest BCUT2D eigenvalue weighted by atomic mass is 16.5. The van der Waals surface area contributed by atoms with Gasteiger partial charge in [0, 0.05) is 34.2 Å². The Labute approximate surface area is 327 Å². The summed E-state index contributed by atoms with van der Waals surface area (Å²) in [5, 5.41) is 27.3. The lowest BCUT2D eigenvalue weighted by atomic mass is 9.64. The van der Waals surface area contributed by atoms with Crippen molar-refractivity contribution in [1.82, 2.24) is 4.90 Å². The number of Topliss-reactive ketones (excluding diaryl/α,β-unsaturated/α-hetero) is 1. The molecule has 0 aliphatic heterocycles. The number of hydrogen-bond donors (Lipinski definition) is 3. The Morgan fingerprint density at radius 1 is 0.873 bits per heavy atom. The SMILES string of the molecule is COc1ccc(NC(=O)N(Cc2ccc(OC)cc2OC)CC2(O)CCC3c4ccc(cc4C(=O)C4CCCCC4)CC(O)CCC(C)=CCCC32C)cc1. The Bertz CT molecular complexity index is 1830. The second-order valence-electron chi connectivity index (χ2n) is 16.3. The van der Waals surface area contributed by atoms with E-state index in [1.807, 2.05) is 18.2 Å². The quantitative estimate of drug-likeness (QED) is 0.140. The van der Waals surface area contributed by atoms with Crippen molar-refractivity contribution in [3.05, 3.63) is 94.6 Å². The molecular weight excluding hydrogens is 693 g/mol. The van der Waals surface area contributed by atoms with Crippen LogP contribution in [0.15, 0.2) is 72.3 Å². The van der Waals surface area contributed by atoms with Crippen molar-refractivity contribution in [2.24, 2.45) is 11.3 Å². The maximum absolute atomic E-state index is 14.5. The van der Waals surface area contributed by atoms with E-state index in [0.717, 1.165) is 67.2 Å². The number of fused-ring (bicyclic) bond motifs is 8. The molecule has 4 unspecified atom stereocenters. The molecule has 9 nitrogen and oxygen atoms in total. The number of nitrogens with zero attached hydrogens (tertiary/aromatic N) is 1. The Hall–Kier alpha value is -4.34. The predicted molar refractivity (Wildman–Crippen MR) is 216 cm³/mol. The molecule has 0 aromatic heterocycles. The van der Waals surface area contributed by atoms with Gasteiger partial charge < -0.3 is 34.6 Å². The van der Waals surface area contributed by atoms with Crippen molar-refractivity contribution >= 4 is 17.5 Å². The molecule has 2 amide bonds. The molecule has 2 saturated carbocycles. The van der Waals surface area contributed by atoms with Gasteiger partial charge in [0.15, 0.2) is 5.78 Å². The van der Waals surface area contributed by atoms with Crippen LogP contribution in [0, 0.1) is 11.3 Å². The molecule has 2 bridgehead atoms. The Kier molecular flexibility index (Phi) is 12.9. The van der Waals surface area contributed by atoms with Crippen LogP contribution in [-0.2, 0) is 13.0 Å². The Morgan fingerprint density at radius 3 is 2.31 bits per heavy atom. The number of urea groups is 1. The molecule has 7 rings (SSSR count). The van der Waals surface area contributed by atoms with Gasteiger partial charge in [0.1, 0.15) is 17.2 Å². The van der Waals surface area contributed by atoms with Gasteiger partial charge in [-0.3, -0.25) is 4.79 Å². The van der Waals surface area contributed by atoms with Crippen LogP contribution in [0.5, 0.6) is 17.2 Å². The zero-order chi connectivity index (χ0) is 39.2. The molecule has 0 heterocycles. The van der Waals surface area contributed by atoms with Gasteiger partial charge in [-0.15, -0.1) is 0 Å². The number of ether oxygens (including phenoxy) is 3. The third-order valence-corrected chi connectivity index (χ3v) is 12.8. The summed E-state index contributed by atoms with van der Waals surface area (Å²) in [5.74, 6) is 1.96. The number of benzene rings is 3. The lowest BCUT2D eigenvalue weighted by Crippen LogP contribution is -2.54. The fraction of sp³-hybridized carbons (Fsp3) is 0.522. The van der Waals surface area contributed by atoms with Crippen molar-refractivity contribution in [3.63, 3.8) is 0 Å². The zero-order valence-electron chi connectivity index (χ0n) is 33.4. The summed E-state index contributed by atoms with van der Waals surface area (Å²) in [4.78, 5) is 30.6. The molecule has 2 fully saturated rings. The van der Waals surface area contributed by atoms with E-state index in [2.05, 4.69) is 37.4 Å². The van der Waals surface area contributed by atoms with E-state index in [9.17, 15) is 19.8 Å². The van der Waals surface area contributed by atoms with E-state index < -0.39 is 17.1 Å². The third kappa shape index (κ3) is 9.05. The van der Waals surface area contributed by atoms with Crippen LogP contribution >= 0.6 is 0 Å². The van der Waals surface area contributed by atoms with Crippen molar-refractivity contribution in [1.29, 1.82) is 0 Å². The minimum atomic E-state index is -1.30. The first-order valence-electron chi connectivity index (χ1n) is 20.1. The number of allylic oxidation sites excluding steroid dienone is 2. The minimum absolute atomic E-state index is 0.0136. The standard InChI is InChI=1S/C46H60N2O7/c1-31-10-9-24-45(2)41(39-22-14-32(26-36(49)18-13-31)27-40(39)43(50)33-11-7-6-8-12-33)23-25-46(45,52)30-48(29-34-15-19-38(54-4)28-42(34)55-5)44(51)47-35-16-20-37(53-3)21-17-35/h10,14-17,19-22,27-28,33,36,41,49,52H,6-9,11-13,18,23-26,29-30H2,1-5H3,(H,47,51). The number of hydrogen-bond acceptors (Lipinski definition) is 7. The van der Waals surface area contributed by atoms with Crippen LogP contribution in [0.2, 0.25) is 0 Å². The molecule has 0 radical (unpaired) electrons. The van der Waals surface area contributed by atoms with E-state index in [-0.39, 0.29) is 36.7 Å². The molecule has 4 atom stereocenters. The number of aliphatic hydroxyl groups is 2. The summed E-state index contributed by atoms with van der Waals surface area (Å²) < 4.78 is 16.5. The molecule has 296 valence electrons. The molecule has 9 heteroatoms. The van der Waals surface area contributed by atoms with Gasteiger partial charge in [0.05, 0.1) is 46.1 Å². The van der Waals surface area contributed by atoms with Crippen molar-refractivity contribution in [2.75, 3.05) is 33.2 Å². The van der Waals surface area contributed by atoms with Gasteiger partial charge in [-0.2, -0.15) is 0 Å². The first kappa shape index (κ1) is 40.3. The highest BCUT2D eigenvalue weighted by molar-refractivity contribution is 5.99. The van der Waals surface area contributed by atoms with Crippen LogP contribution in [-0.4, -0.2) is 66.5 Å². The van der Waals surface area contributed by atoms with E-state index in [1.54, 1.807) is 56.6 Å². The summed E-state index contributed by atoms with van der Waals surface area (Å²) >= 11 is 0. The van der Waals surface area contributed by atoms with Crippen LogP contribution in [0.3, 0.4) is 0 Å². The molecule has 0 spiro atoms. The average molecular weight is 753 g/mol. The van der Waals surface area contributed by atoms with Crippen molar-refractivity contribution < 1.29 is 34.0 Å². The largest absolute Gasteiger partial charge is 0.497 e. The number of aliphatic hydroxyl groups excluding tert-OH is 1. The summed E-state index contributed by atoms with van der Waals surface area (Å²) in [6.45, 7) is 4.52. The highest BCUT2D eigenvalue weighted by Crippen LogP contribution is 2.59. The average Bonchev–Trinajstić information content (AvgIpc) is 3.45. The number of carbonyl (C=O) groups excluding carboxylic acids is 2. The van der Waals surface area contributed by atoms with E-state index in [1.165, 1.54) is 5.57 Å². The molecular formula is C46H60N2O7. The second kappa shape index (κ2) is 17.6. The first-order chi connectivity index (χ1) is 26.5. The molecule has 4 aliphatic rings. The predicted octanol–water partition coefficient (Wildman–Crippen LogP) is 9.25. The monoisotopic (exact) mass is 752 g/mol. The van der Waals surface area contributed by atoms with Crippen LogP contribution < -0.4 is 19.5 Å². The summed E-state index contributed by atoms with van der Waals surface area (Å²) in [5.41, 5.74) is 3.31. The topological polar surface area (TPSA) is 118 Å². The number of methoxy groups -OCH3 is 3. The molecule has 3 aromatic carbocycles. The fourth-order valence-electron chi connectivity index (χ4n) is 9.38. The number of nitrogens with one attached hydrogen (secondary N) is 1. The lowest BCUT2D eigenvalue weighted by Gasteiger charge is -2.46. The molecule has 3 aromatic rings. The molecule has 0 saturated heterocycles. The number of ketones is 1. The number of carbonyl (C=O) groups is 2. The van der Waals surface area contributed by atoms with Gasteiger partial charge in [-0.05, 0) is 124 Å². The van der Waals surface area contributed by atoms with Gasteiger partial charge >= 0.3 is 6.03 Å². The van der Waals surface area contributed by atoms with Gasteiger partial charge in [0.25, 0.3) is 0 Å². The highest BCUT2D eigenvalue weighted by Gasteiger charge is 2.57. The molecule has 55 heavy (non-hydrogen) atoms. The van der Waals surface area contributed by atoms with Crippen molar-refractivity contribution in [3.8, 4) is 17.2 Å². The van der Waals surface area contributed by atoms with Gasteiger partial charge in [0.2, 0.25) is 0 Å². The van der Waals surface area contributed by atoms with E-state index in [0.29, 0.717) is 55.0 Å². The Morgan fingerprint density at radius 2 is 1.60 bits per heavy atom. The van der Waals surface area contributed by atoms with Gasteiger partial charge in [-0.1, -0.05) is 50.0 Å². The first-order valence-corrected chi connectivity index (χ1v) is 20.1. The third-order valence-electron chi connectivity index (χ3n) is 12.8. The maximum Gasteiger partial charge on any atom is 0.322 e. The Balaban J connectivity index is 1.41. The van der Waals surface area contributed by atoms with Gasteiger partial charge in [-0.25, -0.2) is 4.79 Å². The maximum atomic E-state index is 14.5. The zero-order valence-corrected chi connectivity index (χ0v) is 33.4. The molecule has 4 aliphatic carbocycles. The molecule has 3 N–H and O–H groups in total. The summed E-state index contributed by atoms with van der Waals surface area (Å²) in [6, 6.07) is 18.6. The fourth-order valence-corrected chi connectivity index (χ4v) is 9.38. The smallest absolute Gasteiger partial charge is 0.322 e. The van der Waals surface area contributed by atoms with E-state index in [4.69, 9.17) is 14.2 Å². The summed E-state index contributed by atoms with van der Waals surface area (Å²) in [6.07, 6.45) is 11.3. The van der Waals surface area contributed by atoms with Crippen molar-refractivity contribution in [2.45, 2.75) is 115 Å². The number of rotatable bonds is 10. The number of anilines is 1. The minimum Gasteiger partial charge on any atom is -0.497 e. The summed E-state index contributed by atoms with van der Waals surface area (Å²) in [7, 11) is 4.80. The van der Waals surface area contributed by atoms with E-state index >= 15 is 0 Å². The second-order valence-corrected chi connectivity index (χ2v) is 16.3. The van der Waals surface area contributed by atoms with Crippen LogP contribution in [0.25, 0.3) is 0 Å². The van der Waals surface area contributed by atoms with Crippen LogP contribution in [0.1, 0.15) is 117 Å². The normalized spacial score (nSPS) is 24.6. The number of amides is 2.